The summed E-state index contributed by atoms with van der Waals surface area (Å²) in [6.45, 7) is 3.57. The monoisotopic (exact) mass is 324 g/mol. The Morgan fingerprint density at radius 2 is 2.33 bits per heavy atom. The molecule has 4 nitrogen and oxygen atoms in total. The van der Waals surface area contributed by atoms with E-state index in [1.54, 1.807) is 11.8 Å². The van der Waals surface area contributed by atoms with Crippen LogP contribution in [-0.2, 0) is 9.53 Å². The Morgan fingerprint density at radius 1 is 1.57 bits per heavy atom. The third-order valence-electron chi connectivity index (χ3n) is 3.61. The first-order chi connectivity index (χ1) is 10.1. The number of hydrogen-bond acceptors (Lipinski definition) is 5. The van der Waals surface area contributed by atoms with Gasteiger partial charge in [-0.1, -0.05) is 25.2 Å². The Labute approximate surface area is 135 Å². The normalized spacial score (nSPS) is 17.8. The number of ether oxygens (including phenoxy) is 1. The standard InChI is InChI=1S/C15H20N2O2S2/c1-3-21-12-6-4-5-11(13(12)14(16)20)17-8-7-10(9-17)15(18)19-2/h4-6,10H,3,7-9H2,1-2H3,(H2,16,20). The van der Waals surface area contributed by atoms with E-state index < -0.39 is 0 Å². The zero-order valence-electron chi connectivity index (χ0n) is 12.3. The second-order valence-electron chi connectivity index (χ2n) is 4.90. The van der Waals surface area contributed by atoms with Crippen LogP contribution in [0.4, 0.5) is 5.69 Å². The fourth-order valence-corrected chi connectivity index (χ4v) is 3.77. The number of nitrogens with zero attached hydrogens (tertiary/aromatic N) is 1. The molecule has 0 radical (unpaired) electrons. The van der Waals surface area contributed by atoms with Crippen molar-refractivity contribution in [2.75, 3.05) is 30.9 Å². The van der Waals surface area contributed by atoms with E-state index in [0.717, 1.165) is 34.9 Å². The maximum Gasteiger partial charge on any atom is 0.310 e. The zero-order valence-corrected chi connectivity index (χ0v) is 13.9. The number of thiocarbonyl (C=S) groups is 1. The van der Waals surface area contributed by atoms with Gasteiger partial charge in [-0.2, -0.15) is 0 Å². The predicted molar refractivity (Wildman–Crippen MR) is 91.1 cm³/mol. The molecule has 1 aliphatic rings. The van der Waals surface area contributed by atoms with Gasteiger partial charge in [0.25, 0.3) is 0 Å². The molecule has 1 heterocycles. The number of hydrogen-bond donors (Lipinski definition) is 1. The third kappa shape index (κ3) is 3.49. The fraction of sp³-hybridized carbons (Fsp3) is 0.467. The van der Waals surface area contributed by atoms with Gasteiger partial charge in [-0.05, 0) is 24.3 Å². The highest BCUT2D eigenvalue weighted by Crippen LogP contribution is 2.33. The first kappa shape index (κ1) is 16.1. The van der Waals surface area contributed by atoms with E-state index in [1.165, 1.54) is 7.11 Å². The average Bonchev–Trinajstić information content (AvgIpc) is 2.96. The topological polar surface area (TPSA) is 55.6 Å². The van der Waals surface area contributed by atoms with Gasteiger partial charge in [0.05, 0.1) is 13.0 Å². The van der Waals surface area contributed by atoms with E-state index in [-0.39, 0.29) is 11.9 Å². The summed E-state index contributed by atoms with van der Waals surface area (Å²) in [6.07, 6.45) is 0.800. The largest absolute Gasteiger partial charge is 0.469 e. The van der Waals surface area contributed by atoms with Gasteiger partial charge in [-0.3, -0.25) is 4.79 Å². The summed E-state index contributed by atoms with van der Waals surface area (Å²) in [5.41, 5.74) is 7.88. The van der Waals surface area contributed by atoms with Crippen molar-refractivity contribution >= 4 is 40.6 Å². The molecule has 1 aliphatic heterocycles. The van der Waals surface area contributed by atoms with Gasteiger partial charge in [0, 0.05) is 29.2 Å². The molecular formula is C15H20N2O2S2. The van der Waals surface area contributed by atoms with Gasteiger partial charge in [-0.25, -0.2) is 0 Å². The Balaban J connectivity index is 2.30. The molecule has 0 aliphatic carbocycles. The van der Waals surface area contributed by atoms with Gasteiger partial charge in [0.2, 0.25) is 0 Å². The molecule has 1 saturated heterocycles. The van der Waals surface area contributed by atoms with E-state index in [9.17, 15) is 4.79 Å². The third-order valence-corrected chi connectivity index (χ3v) is 4.76. The molecule has 0 aromatic heterocycles. The van der Waals surface area contributed by atoms with Gasteiger partial charge >= 0.3 is 5.97 Å². The molecule has 21 heavy (non-hydrogen) atoms. The maximum absolute atomic E-state index is 11.7. The maximum atomic E-state index is 11.7. The molecule has 2 rings (SSSR count). The Morgan fingerprint density at radius 3 is 2.95 bits per heavy atom. The SMILES string of the molecule is CCSc1cccc(N2CCC(C(=O)OC)C2)c1C(N)=S. The summed E-state index contributed by atoms with van der Waals surface area (Å²) in [5, 5.41) is 0. The number of methoxy groups -OCH3 is 1. The van der Waals surface area contributed by atoms with Crippen molar-refractivity contribution in [2.45, 2.75) is 18.2 Å². The quantitative estimate of drug-likeness (QED) is 0.510. The van der Waals surface area contributed by atoms with E-state index in [0.29, 0.717) is 11.5 Å². The van der Waals surface area contributed by atoms with Gasteiger partial charge < -0.3 is 15.4 Å². The minimum absolute atomic E-state index is 0.0725. The molecule has 1 aromatic carbocycles. The highest BCUT2D eigenvalue weighted by molar-refractivity contribution is 7.99. The van der Waals surface area contributed by atoms with Crippen LogP contribution in [0.5, 0.6) is 0 Å². The van der Waals surface area contributed by atoms with E-state index in [2.05, 4.69) is 11.8 Å². The van der Waals surface area contributed by atoms with Crippen LogP contribution in [0.1, 0.15) is 18.9 Å². The van der Waals surface area contributed by atoms with Crippen molar-refractivity contribution in [3.63, 3.8) is 0 Å². The Kier molecular flexibility index (Phi) is 5.47. The molecule has 1 aromatic rings. The number of anilines is 1. The van der Waals surface area contributed by atoms with Crippen molar-refractivity contribution in [2.24, 2.45) is 11.7 Å². The number of nitrogens with two attached hydrogens (primary N) is 1. The lowest BCUT2D eigenvalue weighted by molar-refractivity contribution is -0.144. The number of rotatable bonds is 5. The summed E-state index contributed by atoms with van der Waals surface area (Å²) in [5.74, 6) is 0.745. The van der Waals surface area contributed by atoms with E-state index in [1.807, 2.05) is 18.2 Å². The van der Waals surface area contributed by atoms with Crippen LogP contribution >= 0.6 is 24.0 Å². The van der Waals surface area contributed by atoms with Crippen molar-refractivity contribution in [3.8, 4) is 0 Å². The van der Waals surface area contributed by atoms with Crippen LogP contribution in [0, 0.1) is 5.92 Å². The molecule has 0 saturated carbocycles. The highest BCUT2D eigenvalue weighted by Gasteiger charge is 2.30. The van der Waals surface area contributed by atoms with E-state index >= 15 is 0 Å². The molecule has 114 valence electrons. The molecule has 6 heteroatoms. The molecule has 1 fully saturated rings. The summed E-state index contributed by atoms with van der Waals surface area (Å²) < 4.78 is 4.84. The molecular weight excluding hydrogens is 304 g/mol. The van der Waals surface area contributed by atoms with Crippen LogP contribution in [0.3, 0.4) is 0 Å². The van der Waals surface area contributed by atoms with E-state index in [4.69, 9.17) is 22.7 Å². The van der Waals surface area contributed by atoms with Crippen LogP contribution in [0.2, 0.25) is 0 Å². The summed E-state index contributed by atoms with van der Waals surface area (Å²) in [6, 6.07) is 6.08. The molecule has 0 amide bonds. The van der Waals surface area contributed by atoms with Crippen molar-refractivity contribution in [1.29, 1.82) is 0 Å². The molecule has 2 N–H and O–H groups in total. The average molecular weight is 324 g/mol. The second-order valence-corrected chi connectivity index (χ2v) is 6.65. The lowest BCUT2D eigenvalue weighted by atomic mass is 10.1. The summed E-state index contributed by atoms with van der Waals surface area (Å²) in [4.78, 5) is 15.4. The number of carbonyl (C=O) groups excluding carboxylic acids is 1. The van der Waals surface area contributed by atoms with Crippen LogP contribution in [-0.4, -0.2) is 36.9 Å². The van der Waals surface area contributed by atoms with Crippen LogP contribution < -0.4 is 10.6 Å². The molecule has 1 atom stereocenters. The number of thioether (sulfide) groups is 1. The Hall–Kier alpha value is -1.27. The van der Waals surface area contributed by atoms with Crippen LogP contribution in [0.25, 0.3) is 0 Å². The number of carbonyl (C=O) groups is 1. The number of esters is 1. The minimum atomic E-state index is -0.145. The smallest absolute Gasteiger partial charge is 0.310 e. The first-order valence-electron chi connectivity index (χ1n) is 6.96. The molecule has 0 spiro atoms. The first-order valence-corrected chi connectivity index (χ1v) is 8.36. The van der Waals surface area contributed by atoms with Gasteiger partial charge in [0.15, 0.2) is 0 Å². The summed E-state index contributed by atoms with van der Waals surface area (Å²) in [7, 11) is 1.43. The van der Waals surface area contributed by atoms with Gasteiger partial charge in [0.1, 0.15) is 4.99 Å². The summed E-state index contributed by atoms with van der Waals surface area (Å²) >= 11 is 6.97. The predicted octanol–water partition coefficient (Wildman–Crippen LogP) is 2.43. The van der Waals surface area contributed by atoms with Crippen LogP contribution in [0.15, 0.2) is 23.1 Å². The zero-order chi connectivity index (χ0) is 15.4. The lowest BCUT2D eigenvalue weighted by Crippen LogP contribution is -2.26. The fourth-order valence-electron chi connectivity index (χ4n) is 2.64. The van der Waals surface area contributed by atoms with Gasteiger partial charge in [-0.15, -0.1) is 11.8 Å². The Bertz CT molecular complexity index is 548. The minimum Gasteiger partial charge on any atom is -0.469 e. The van der Waals surface area contributed by atoms with Crippen molar-refractivity contribution < 1.29 is 9.53 Å². The molecule has 1 unspecified atom stereocenters. The van der Waals surface area contributed by atoms with Crippen molar-refractivity contribution in [3.05, 3.63) is 23.8 Å². The lowest BCUT2D eigenvalue weighted by Gasteiger charge is -2.23. The highest BCUT2D eigenvalue weighted by atomic mass is 32.2. The van der Waals surface area contributed by atoms with Crippen molar-refractivity contribution in [1.82, 2.24) is 0 Å². The second kappa shape index (κ2) is 7.13. The number of benzene rings is 1. The molecule has 0 bridgehead atoms.